The molecule has 2 aromatic rings. The molecule has 0 bridgehead atoms. The van der Waals surface area contributed by atoms with Crippen LogP contribution in [0.25, 0.3) is 10.8 Å². The first-order valence-corrected chi connectivity index (χ1v) is 8.50. The molecule has 1 fully saturated rings. The van der Waals surface area contributed by atoms with Gasteiger partial charge in [-0.3, -0.25) is 9.69 Å². The van der Waals surface area contributed by atoms with Crippen molar-refractivity contribution in [1.82, 2.24) is 10.2 Å². The number of benzene rings is 2. The fourth-order valence-corrected chi connectivity index (χ4v) is 2.81. The molecular weight excluding hydrogens is 304 g/mol. The van der Waals surface area contributed by atoms with Crippen LogP contribution in [0.5, 0.6) is 5.75 Å². The molecule has 1 aliphatic rings. The SMILES string of the molecule is O=C(COc1ccc2ccccc2c1)NCCCN1CCOCC1. The number of carbonyl (C=O) groups is 1. The highest BCUT2D eigenvalue weighted by Gasteiger charge is 2.09. The Morgan fingerprint density at radius 2 is 1.92 bits per heavy atom. The number of hydrogen-bond donors (Lipinski definition) is 1. The topological polar surface area (TPSA) is 50.8 Å². The number of nitrogens with zero attached hydrogens (tertiary/aromatic N) is 1. The maximum Gasteiger partial charge on any atom is 0.257 e. The molecule has 0 unspecified atom stereocenters. The quantitative estimate of drug-likeness (QED) is 0.791. The highest BCUT2D eigenvalue weighted by atomic mass is 16.5. The molecule has 0 saturated carbocycles. The van der Waals surface area contributed by atoms with E-state index in [1.807, 2.05) is 36.4 Å². The largest absolute Gasteiger partial charge is 0.484 e. The second kappa shape index (κ2) is 8.66. The maximum absolute atomic E-state index is 11.9. The Bertz CT molecular complexity index is 668. The van der Waals surface area contributed by atoms with Gasteiger partial charge in [-0.15, -0.1) is 0 Å². The first-order valence-electron chi connectivity index (χ1n) is 8.50. The average molecular weight is 328 g/mol. The summed E-state index contributed by atoms with van der Waals surface area (Å²) in [5.74, 6) is 0.641. The van der Waals surface area contributed by atoms with Crippen molar-refractivity contribution in [2.24, 2.45) is 0 Å². The van der Waals surface area contributed by atoms with E-state index >= 15 is 0 Å². The molecule has 0 aliphatic carbocycles. The summed E-state index contributed by atoms with van der Waals surface area (Å²) in [4.78, 5) is 14.2. The lowest BCUT2D eigenvalue weighted by atomic mass is 10.1. The Labute approximate surface area is 142 Å². The summed E-state index contributed by atoms with van der Waals surface area (Å²) in [5.41, 5.74) is 0. The Balaban J connectivity index is 1.35. The first-order chi connectivity index (χ1) is 11.8. The van der Waals surface area contributed by atoms with Gasteiger partial charge >= 0.3 is 0 Å². The number of morpholine rings is 1. The molecule has 5 nitrogen and oxygen atoms in total. The van der Waals surface area contributed by atoms with E-state index in [1.54, 1.807) is 0 Å². The monoisotopic (exact) mass is 328 g/mol. The van der Waals surface area contributed by atoms with E-state index in [2.05, 4.69) is 16.3 Å². The number of fused-ring (bicyclic) bond motifs is 1. The van der Waals surface area contributed by atoms with Crippen LogP contribution in [-0.2, 0) is 9.53 Å². The zero-order chi connectivity index (χ0) is 16.6. The molecular formula is C19H24N2O3. The molecule has 24 heavy (non-hydrogen) atoms. The third-order valence-electron chi connectivity index (χ3n) is 4.17. The summed E-state index contributed by atoms with van der Waals surface area (Å²) in [6.45, 7) is 5.32. The second-order valence-electron chi connectivity index (χ2n) is 5.96. The number of rotatable bonds is 7. The van der Waals surface area contributed by atoms with Crippen LogP contribution in [0.2, 0.25) is 0 Å². The number of ether oxygens (including phenoxy) is 2. The molecule has 128 valence electrons. The standard InChI is InChI=1S/C19H24N2O3/c22-19(20-8-3-9-21-10-12-23-13-11-21)15-24-18-7-6-16-4-1-2-5-17(16)14-18/h1-2,4-7,14H,3,8-13,15H2,(H,20,22). The van der Waals surface area contributed by atoms with Gasteiger partial charge in [-0.1, -0.05) is 30.3 Å². The Kier molecular flexibility index (Phi) is 6.04. The minimum absolute atomic E-state index is 0.0515. The summed E-state index contributed by atoms with van der Waals surface area (Å²) >= 11 is 0. The van der Waals surface area contributed by atoms with Crippen molar-refractivity contribution in [3.8, 4) is 5.75 Å². The molecule has 1 aliphatic heterocycles. The predicted molar refractivity (Wildman–Crippen MR) is 94.3 cm³/mol. The third kappa shape index (κ3) is 4.94. The summed E-state index contributed by atoms with van der Waals surface area (Å²) in [5, 5.41) is 5.18. The van der Waals surface area contributed by atoms with Gasteiger partial charge in [-0.25, -0.2) is 0 Å². The van der Waals surface area contributed by atoms with Crippen LogP contribution >= 0.6 is 0 Å². The Hall–Kier alpha value is -2.11. The van der Waals surface area contributed by atoms with Crippen molar-refractivity contribution in [3.05, 3.63) is 42.5 Å². The van der Waals surface area contributed by atoms with Crippen molar-refractivity contribution >= 4 is 16.7 Å². The summed E-state index contributed by atoms with van der Waals surface area (Å²) in [7, 11) is 0. The van der Waals surface area contributed by atoms with Gasteiger partial charge in [0.25, 0.3) is 5.91 Å². The van der Waals surface area contributed by atoms with E-state index in [0.717, 1.165) is 55.8 Å². The highest BCUT2D eigenvalue weighted by Crippen LogP contribution is 2.20. The van der Waals surface area contributed by atoms with E-state index in [0.29, 0.717) is 6.54 Å². The van der Waals surface area contributed by atoms with E-state index < -0.39 is 0 Å². The minimum atomic E-state index is -0.0786. The normalized spacial score (nSPS) is 15.3. The van der Waals surface area contributed by atoms with Crippen LogP contribution in [0, 0.1) is 0 Å². The fraction of sp³-hybridized carbons (Fsp3) is 0.421. The number of hydrogen-bond acceptors (Lipinski definition) is 4. The van der Waals surface area contributed by atoms with Crippen molar-refractivity contribution in [2.45, 2.75) is 6.42 Å². The molecule has 1 heterocycles. The van der Waals surface area contributed by atoms with Gasteiger partial charge in [-0.05, 0) is 35.9 Å². The average Bonchev–Trinajstić information content (AvgIpc) is 2.64. The van der Waals surface area contributed by atoms with Crippen LogP contribution in [0.3, 0.4) is 0 Å². The lowest BCUT2D eigenvalue weighted by molar-refractivity contribution is -0.123. The van der Waals surface area contributed by atoms with Gasteiger partial charge in [0.1, 0.15) is 5.75 Å². The molecule has 0 atom stereocenters. The predicted octanol–water partition coefficient (Wildman–Crippen LogP) is 2.06. The molecule has 1 N–H and O–H groups in total. The first kappa shape index (κ1) is 16.7. The van der Waals surface area contributed by atoms with Gasteiger partial charge in [0.15, 0.2) is 6.61 Å². The van der Waals surface area contributed by atoms with Crippen molar-refractivity contribution in [3.63, 3.8) is 0 Å². The zero-order valence-electron chi connectivity index (χ0n) is 13.9. The van der Waals surface area contributed by atoms with Crippen LogP contribution < -0.4 is 10.1 Å². The van der Waals surface area contributed by atoms with Gasteiger partial charge in [-0.2, -0.15) is 0 Å². The van der Waals surface area contributed by atoms with Crippen molar-refractivity contribution < 1.29 is 14.3 Å². The third-order valence-corrected chi connectivity index (χ3v) is 4.17. The van der Waals surface area contributed by atoms with Crippen LogP contribution in [0.1, 0.15) is 6.42 Å². The van der Waals surface area contributed by atoms with Crippen molar-refractivity contribution in [1.29, 1.82) is 0 Å². The van der Waals surface area contributed by atoms with Gasteiger partial charge in [0, 0.05) is 19.6 Å². The molecule has 3 rings (SSSR count). The van der Waals surface area contributed by atoms with Crippen LogP contribution in [-0.4, -0.2) is 56.8 Å². The fourth-order valence-electron chi connectivity index (χ4n) is 2.81. The summed E-state index contributed by atoms with van der Waals surface area (Å²) in [6, 6.07) is 14.0. The van der Waals surface area contributed by atoms with Gasteiger partial charge < -0.3 is 14.8 Å². The summed E-state index contributed by atoms with van der Waals surface area (Å²) < 4.78 is 10.9. The van der Waals surface area contributed by atoms with E-state index in [9.17, 15) is 4.79 Å². The van der Waals surface area contributed by atoms with Gasteiger partial charge in [0.2, 0.25) is 0 Å². The lowest BCUT2D eigenvalue weighted by Gasteiger charge is -2.26. The minimum Gasteiger partial charge on any atom is -0.484 e. The van der Waals surface area contributed by atoms with E-state index in [1.165, 1.54) is 0 Å². The molecule has 1 saturated heterocycles. The number of nitrogens with one attached hydrogen (secondary N) is 1. The lowest BCUT2D eigenvalue weighted by Crippen LogP contribution is -2.38. The van der Waals surface area contributed by atoms with Crippen LogP contribution in [0.15, 0.2) is 42.5 Å². The van der Waals surface area contributed by atoms with E-state index in [-0.39, 0.29) is 12.5 Å². The molecule has 1 amide bonds. The van der Waals surface area contributed by atoms with Crippen LogP contribution in [0.4, 0.5) is 0 Å². The number of amides is 1. The molecule has 0 radical (unpaired) electrons. The molecule has 5 heteroatoms. The molecule has 2 aromatic carbocycles. The molecule has 0 aromatic heterocycles. The molecule has 0 spiro atoms. The van der Waals surface area contributed by atoms with Crippen molar-refractivity contribution in [2.75, 3.05) is 46.0 Å². The Morgan fingerprint density at radius 3 is 2.75 bits per heavy atom. The second-order valence-corrected chi connectivity index (χ2v) is 5.96. The van der Waals surface area contributed by atoms with E-state index in [4.69, 9.17) is 9.47 Å². The smallest absolute Gasteiger partial charge is 0.257 e. The zero-order valence-corrected chi connectivity index (χ0v) is 13.9. The maximum atomic E-state index is 11.9. The van der Waals surface area contributed by atoms with Gasteiger partial charge in [0.05, 0.1) is 13.2 Å². The number of carbonyl (C=O) groups excluding carboxylic acids is 1. The Morgan fingerprint density at radius 1 is 1.12 bits per heavy atom. The summed E-state index contributed by atoms with van der Waals surface area (Å²) in [6.07, 6.45) is 0.946. The highest BCUT2D eigenvalue weighted by molar-refractivity contribution is 5.84.